The molecule has 0 radical (unpaired) electrons. The number of hydrogen-bond donors (Lipinski definition) is 0. The maximum atomic E-state index is 12.2. The van der Waals surface area contributed by atoms with E-state index in [0.29, 0.717) is 11.1 Å². The Morgan fingerprint density at radius 1 is 0.577 bits per heavy atom. The van der Waals surface area contributed by atoms with Crippen molar-refractivity contribution < 1.29 is 9.59 Å². The molecule has 126 valence electrons. The molecule has 2 nitrogen and oxygen atoms in total. The van der Waals surface area contributed by atoms with Crippen molar-refractivity contribution in [1.29, 1.82) is 0 Å². The second kappa shape index (κ2) is 5.25. The van der Waals surface area contributed by atoms with Crippen molar-refractivity contribution in [3.05, 3.63) is 105 Å². The Balaban J connectivity index is 1.88. The van der Waals surface area contributed by atoms with Crippen molar-refractivity contribution in [2.75, 3.05) is 0 Å². The summed E-state index contributed by atoms with van der Waals surface area (Å²) in [6.07, 6.45) is 0. The summed E-state index contributed by atoms with van der Waals surface area (Å²) in [5.74, 6) is 0.144. The normalized spacial score (nSPS) is 18.7. The highest BCUT2D eigenvalue weighted by atomic mass is 16.1. The molecule has 3 aromatic carbocycles. The van der Waals surface area contributed by atoms with Crippen molar-refractivity contribution in [1.82, 2.24) is 0 Å². The van der Waals surface area contributed by atoms with Gasteiger partial charge in [-0.3, -0.25) is 9.59 Å². The minimum absolute atomic E-state index is 0.0546. The Hall–Kier alpha value is -3.00. The summed E-state index contributed by atoms with van der Waals surface area (Å²) in [7, 11) is 0. The zero-order chi connectivity index (χ0) is 18.0. The fourth-order valence-corrected chi connectivity index (χ4v) is 4.79. The molecule has 0 heterocycles. The third-order valence-corrected chi connectivity index (χ3v) is 5.84. The topological polar surface area (TPSA) is 34.1 Å². The van der Waals surface area contributed by atoms with Crippen LogP contribution in [0.25, 0.3) is 0 Å². The third-order valence-electron chi connectivity index (χ3n) is 5.84. The van der Waals surface area contributed by atoms with Gasteiger partial charge in [0.2, 0.25) is 0 Å². The number of carbonyl (C=O) groups is 2. The Morgan fingerprint density at radius 2 is 0.885 bits per heavy atom. The van der Waals surface area contributed by atoms with Crippen LogP contribution in [-0.2, 0) is 0 Å². The smallest absolute Gasteiger partial charge is 0.160 e. The maximum Gasteiger partial charge on any atom is 0.160 e. The Morgan fingerprint density at radius 3 is 1.15 bits per heavy atom. The predicted octanol–water partition coefficient (Wildman–Crippen LogP) is 5.08. The summed E-state index contributed by atoms with van der Waals surface area (Å²) < 4.78 is 0. The van der Waals surface area contributed by atoms with Gasteiger partial charge in [0.15, 0.2) is 11.6 Å². The lowest BCUT2D eigenvalue weighted by Gasteiger charge is -2.42. The molecular formula is C24H18O2. The molecule has 0 aromatic heterocycles. The highest BCUT2D eigenvalue weighted by molar-refractivity contribution is 6.07. The average molecular weight is 338 g/mol. The van der Waals surface area contributed by atoms with Gasteiger partial charge in [0.05, 0.1) is 0 Å². The molecular weight excluding hydrogens is 320 g/mol. The lowest BCUT2D eigenvalue weighted by atomic mass is 9.60. The molecule has 0 atom stereocenters. The van der Waals surface area contributed by atoms with E-state index in [1.165, 1.54) is 47.2 Å². The molecule has 0 fully saturated rings. The summed E-state index contributed by atoms with van der Waals surface area (Å²) in [6.45, 7) is 3.08. The molecule has 3 aliphatic rings. The van der Waals surface area contributed by atoms with Gasteiger partial charge in [-0.15, -0.1) is 0 Å². The van der Waals surface area contributed by atoms with E-state index in [1.807, 2.05) is 12.1 Å². The number of rotatable bonds is 2. The summed E-state index contributed by atoms with van der Waals surface area (Å²) in [4.78, 5) is 24.4. The molecule has 0 aliphatic heterocycles. The van der Waals surface area contributed by atoms with Crippen molar-refractivity contribution in [2.24, 2.45) is 0 Å². The second-order valence-electron chi connectivity index (χ2n) is 7.26. The SMILES string of the molecule is CC(=O)c1cc2c(cc1C(C)=O)C1c3ccccc3C2c2ccccc21. The first kappa shape index (κ1) is 15.3. The van der Waals surface area contributed by atoms with E-state index in [4.69, 9.17) is 0 Å². The van der Waals surface area contributed by atoms with Gasteiger partial charge in [-0.2, -0.15) is 0 Å². The molecule has 26 heavy (non-hydrogen) atoms. The van der Waals surface area contributed by atoms with Gasteiger partial charge in [-0.1, -0.05) is 48.5 Å². The molecule has 0 saturated heterocycles. The van der Waals surface area contributed by atoms with Gasteiger partial charge in [0.25, 0.3) is 0 Å². The van der Waals surface area contributed by atoms with Crippen LogP contribution in [0.5, 0.6) is 0 Å². The van der Waals surface area contributed by atoms with Crippen molar-refractivity contribution in [3.63, 3.8) is 0 Å². The van der Waals surface area contributed by atoms with Crippen molar-refractivity contribution in [2.45, 2.75) is 25.7 Å². The standard InChI is InChI=1S/C24H18O2/c1-13(25)19-11-21-22(12-20(19)14(2)26)24-17-9-5-3-7-15(17)23(21)16-8-4-6-10-18(16)24/h3-12,23-24H,1-2H3. The lowest BCUT2D eigenvalue weighted by molar-refractivity contribution is 0.0980. The monoisotopic (exact) mass is 338 g/mol. The predicted molar refractivity (Wildman–Crippen MR) is 101 cm³/mol. The molecule has 0 unspecified atom stereocenters. The van der Waals surface area contributed by atoms with Crippen LogP contribution < -0.4 is 0 Å². The Kier molecular flexibility index (Phi) is 3.08. The van der Waals surface area contributed by atoms with Gasteiger partial charge in [0, 0.05) is 23.0 Å². The number of ketones is 2. The van der Waals surface area contributed by atoms with Gasteiger partial charge < -0.3 is 0 Å². The van der Waals surface area contributed by atoms with Crippen LogP contribution in [-0.4, -0.2) is 11.6 Å². The zero-order valence-corrected chi connectivity index (χ0v) is 14.7. The van der Waals surface area contributed by atoms with E-state index in [-0.39, 0.29) is 23.4 Å². The highest BCUT2D eigenvalue weighted by Crippen LogP contribution is 2.55. The third kappa shape index (κ3) is 1.87. The minimum Gasteiger partial charge on any atom is -0.294 e. The summed E-state index contributed by atoms with van der Waals surface area (Å²) in [6, 6.07) is 21.0. The molecule has 2 heteroatoms. The largest absolute Gasteiger partial charge is 0.294 e. The van der Waals surface area contributed by atoms with Crippen LogP contribution in [0.1, 0.15) is 79.8 Å². The molecule has 0 saturated carbocycles. The van der Waals surface area contributed by atoms with Gasteiger partial charge in [-0.25, -0.2) is 0 Å². The number of hydrogen-bond acceptors (Lipinski definition) is 2. The molecule has 3 aliphatic carbocycles. The van der Waals surface area contributed by atoms with Gasteiger partial charge >= 0.3 is 0 Å². The fourth-order valence-electron chi connectivity index (χ4n) is 4.79. The Labute approximate surface area is 152 Å². The first-order valence-electron chi connectivity index (χ1n) is 8.95. The highest BCUT2D eigenvalue weighted by Gasteiger charge is 2.41. The molecule has 2 bridgehead atoms. The average Bonchev–Trinajstić information content (AvgIpc) is 2.66. The number of carbonyl (C=O) groups excluding carboxylic acids is 2. The van der Waals surface area contributed by atoms with E-state index >= 15 is 0 Å². The first-order chi connectivity index (χ1) is 12.6. The molecule has 0 spiro atoms. The van der Waals surface area contributed by atoms with E-state index in [9.17, 15) is 9.59 Å². The van der Waals surface area contributed by atoms with Crippen LogP contribution in [0.3, 0.4) is 0 Å². The van der Waals surface area contributed by atoms with E-state index < -0.39 is 0 Å². The molecule has 6 rings (SSSR count). The lowest BCUT2D eigenvalue weighted by Crippen LogP contribution is -2.28. The van der Waals surface area contributed by atoms with Crippen LogP contribution in [0.15, 0.2) is 60.7 Å². The Bertz CT molecular complexity index is 972. The molecule has 3 aromatic rings. The minimum atomic E-state index is -0.0546. The fraction of sp³-hybridized carbons (Fsp3) is 0.167. The van der Waals surface area contributed by atoms with Gasteiger partial charge in [-0.05, 0) is 59.4 Å². The van der Waals surface area contributed by atoms with E-state index in [0.717, 1.165) is 0 Å². The van der Waals surface area contributed by atoms with Crippen LogP contribution in [0.4, 0.5) is 0 Å². The van der Waals surface area contributed by atoms with Gasteiger partial charge in [0.1, 0.15) is 0 Å². The van der Waals surface area contributed by atoms with Crippen molar-refractivity contribution >= 4 is 11.6 Å². The second-order valence-corrected chi connectivity index (χ2v) is 7.26. The summed E-state index contributed by atoms with van der Waals surface area (Å²) in [5.41, 5.74) is 8.67. The van der Waals surface area contributed by atoms with Crippen molar-refractivity contribution in [3.8, 4) is 0 Å². The number of Topliss-reactive ketones (excluding diaryl/α,β-unsaturated/α-hetero) is 2. The summed E-state index contributed by atoms with van der Waals surface area (Å²) >= 11 is 0. The maximum absolute atomic E-state index is 12.2. The van der Waals surface area contributed by atoms with E-state index in [2.05, 4.69) is 48.5 Å². The van der Waals surface area contributed by atoms with Crippen LogP contribution >= 0.6 is 0 Å². The number of benzene rings is 3. The summed E-state index contributed by atoms with van der Waals surface area (Å²) in [5, 5.41) is 0. The van der Waals surface area contributed by atoms with Crippen LogP contribution in [0.2, 0.25) is 0 Å². The molecule has 0 amide bonds. The quantitative estimate of drug-likeness (QED) is 0.421. The zero-order valence-electron chi connectivity index (χ0n) is 14.7. The van der Waals surface area contributed by atoms with Crippen LogP contribution in [0, 0.1) is 0 Å². The van der Waals surface area contributed by atoms with E-state index in [1.54, 1.807) is 0 Å². The first-order valence-corrected chi connectivity index (χ1v) is 8.95. The molecule has 0 N–H and O–H groups in total.